The molecule has 134 valence electrons. The third kappa shape index (κ3) is 3.56. The molecule has 26 heavy (non-hydrogen) atoms. The summed E-state index contributed by atoms with van der Waals surface area (Å²) in [5.74, 6) is -0.645. The van der Waals surface area contributed by atoms with E-state index < -0.39 is 5.69 Å². The minimum absolute atomic E-state index is 0.270. The van der Waals surface area contributed by atoms with Gasteiger partial charge in [0.1, 0.15) is 5.82 Å². The van der Waals surface area contributed by atoms with E-state index >= 15 is 0 Å². The van der Waals surface area contributed by atoms with Crippen molar-refractivity contribution in [3.05, 3.63) is 80.2 Å². The first kappa shape index (κ1) is 17.6. The van der Waals surface area contributed by atoms with Crippen molar-refractivity contribution in [2.45, 2.75) is 19.9 Å². The van der Waals surface area contributed by atoms with E-state index in [1.54, 1.807) is 25.1 Å². The lowest BCUT2D eigenvalue weighted by Gasteiger charge is -2.08. The molecule has 7 heteroatoms. The topological polar surface area (TPSA) is 84.0 Å². The van der Waals surface area contributed by atoms with Crippen LogP contribution in [0.4, 0.5) is 4.39 Å². The van der Waals surface area contributed by atoms with Crippen LogP contribution in [-0.2, 0) is 13.0 Å². The number of carbonyl (C=O) groups is 1. The maximum Gasteiger partial charge on any atom is 0.328 e. The fourth-order valence-corrected chi connectivity index (χ4v) is 2.80. The molecule has 2 N–H and O–H groups in total. The summed E-state index contributed by atoms with van der Waals surface area (Å²) in [6, 6.07) is 10.7. The summed E-state index contributed by atoms with van der Waals surface area (Å²) in [7, 11) is 0. The highest BCUT2D eigenvalue weighted by atomic mass is 19.1. The van der Waals surface area contributed by atoms with Gasteiger partial charge in [0.25, 0.3) is 11.5 Å². The number of aromatic amines is 1. The summed E-state index contributed by atoms with van der Waals surface area (Å²) in [5.41, 5.74) is 0.551. The number of aromatic nitrogens is 2. The van der Waals surface area contributed by atoms with Gasteiger partial charge >= 0.3 is 5.69 Å². The highest BCUT2D eigenvalue weighted by molar-refractivity contribution is 5.97. The zero-order valence-electron chi connectivity index (χ0n) is 14.2. The van der Waals surface area contributed by atoms with Crippen LogP contribution >= 0.6 is 0 Å². The van der Waals surface area contributed by atoms with Crippen molar-refractivity contribution in [3.8, 4) is 0 Å². The second-order valence-corrected chi connectivity index (χ2v) is 5.88. The number of hydrogen-bond donors (Lipinski definition) is 2. The average molecular weight is 355 g/mol. The number of nitrogens with zero attached hydrogens (tertiary/aromatic N) is 1. The molecule has 0 bridgehead atoms. The average Bonchev–Trinajstić information content (AvgIpc) is 2.61. The van der Waals surface area contributed by atoms with Crippen LogP contribution in [0, 0.1) is 5.82 Å². The number of nitrogens with one attached hydrogen (secondary N) is 2. The number of H-pyrrole nitrogens is 1. The molecular weight excluding hydrogens is 337 g/mol. The minimum Gasteiger partial charge on any atom is -0.352 e. The quantitative estimate of drug-likeness (QED) is 0.732. The van der Waals surface area contributed by atoms with Crippen molar-refractivity contribution in [3.63, 3.8) is 0 Å². The summed E-state index contributed by atoms with van der Waals surface area (Å²) in [6.07, 6.45) is 0.495. The van der Waals surface area contributed by atoms with E-state index in [1.165, 1.54) is 24.3 Å². The summed E-state index contributed by atoms with van der Waals surface area (Å²) >= 11 is 0. The zero-order valence-corrected chi connectivity index (χ0v) is 14.2. The van der Waals surface area contributed by atoms with Crippen LogP contribution in [-0.4, -0.2) is 22.0 Å². The second-order valence-electron chi connectivity index (χ2n) is 5.88. The first-order valence-corrected chi connectivity index (χ1v) is 8.29. The molecular formula is C19H18FN3O3. The van der Waals surface area contributed by atoms with Crippen LogP contribution < -0.4 is 16.6 Å². The van der Waals surface area contributed by atoms with Crippen LogP contribution in [0.15, 0.2) is 52.1 Å². The van der Waals surface area contributed by atoms with Gasteiger partial charge in [-0.25, -0.2) is 9.18 Å². The van der Waals surface area contributed by atoms with Crippen molar-refractivity contribution >= 4 is 16.8 Å². The molecule has 0 aliphatic rings. The molecule has 0 unspecified atom stereocenters. The van der Waals surface area contributed by atoms with Gasteiger partial charge in [0.2, 0.25) is 0 Å². The van der Waals surface area contributed by atoms with E-state index in [2.05, 4.69) is 10.3 Å². The lowest BCUT2D eigenvalue weighted by atomic mass is 10.1. The first-order chi connectivity index (χ1) is 12.5. The van der Waals surface area contributed by atoms with E-state index in [0.717, 1.165) is 10.1 Å². The van der Waals surface area contributed by atoms with Gasteiger partial charge in [-0.15, -0.1) is 0 Å². The molecule has 3 rings (SSSR count). The van der Waals surface area contributed by atoms with E-state index in [0.29, 0.717) is 29.4 Å². The molecule has 0 atom stereocenters. The van der Waals surface area contributed by atoms with Gasteiger partial charge in [0, 0.05) is 18.7 Å². The molecule has 0 spiro atoms. The third-order valence-corrected chi connectivity index (χ3v) is 4.15. The largest absolute Gasteiger partial charge is 0.352 e. The Bertz CT molecular complexity index is 1090. The van der Waals surface area contributed by atoms with Crippen molar-refractivity contribution in [1.29, 1.82) is 0 Å². The predicted molar refractivity (Wildman–Crippen MR) is 96.9 cm³/mol. The molecule has 2 aromatic carbocycles. The Balaban J connectivity index is 1.76. The number of fused-ring (bicyclic) bond motifs is 1. The number of amides is 1. The van der Waals surface area contributed by atoms with E-state index in [9.17, 15) is 18.8 Å². The number of hydrogen-bond acceptors (Lipinski definition) is 3. The summed E-state index contributed by atoms with van der Waals surface area (Å²) in [6.45, 7) is 2.32. The number of halogens is 1. The summed E-state index contributed by atoms with van der Waals surface area (Å²) in [4.78, 5) is 39.0. The Hall–Kier alpha value is -3.22. The van der Waals surface area contributed by atoms with Gasteiger partial charge in [-0.05, 0) is 49.2 Å². The van der Waals surface area contributed by atoms with Crippen molar-refractivity contribution in [1.82, 2.24) is 14.9 Å². The number of benzene rings is 2. The molecule has 1 heterocycles. The van der Waals surface area contributed by atoms with Crippen LogP contribution in [0.2, 0.25) is 0 Å². The molecule has 0 aliphatic heterocycles. The molecule has 6 nitrogen and oxygen atoms in total. The molecule has 1 amide bonds. The Morgan fingerprint density at radius 3 is 2.73 bits per heavy atom. The van der Waals surface area contributed by atoms with E-state index in [4.69, 9.17) is 0 Å². The Kier molecular flexibility index (Phi) is 4.97. The Morgan fingerprint density at radius 2 is 2.00 bits per heavy atom. The van der Waals surface area contributed by atoms with E-state index in [-0.39, 0.29) is 23.8 Å². The molecule has 1 aromatic heterocycles. The second kappa shape index (κ2) is 7.35. The normalized spacial score (nSPS) is 10.8. The number of carbonyl (C=O) groups excluding carboxylic acids is 1. The number of rotatable bonds is 5. The molecule has 0 radical (unpaired) electrons. The van der Waals surface area contributed by atoms with Gasteiger partial charge in [-0.3, -0.25) is 14.2 Å². The summed E-state index contributed by atoms with van der Waals surface area (Å²) < 4.78 is 14.2. The molecule has 0 saturated carbocycles. The van der Waals surface area contributed by atoms with Crippen LogP contribution in [0.1, 0.15) is 22.8 Å². The first-order valence-electron chi connectivity index (χ1n) is 8.29. The molecule has 0 saturated heterocycles. The van der Waals surface area contributed by atoms with Crippen molar-refractivity contribution in [2.24, 2.45) is 0 Å². The van der Waals surface area contributed by atoms with Gasteiger partial charge in [0.05, 0.1) is 10.9 Å². The van der Waals surface area contributed by atoms with Crippen LogP contribution in [0.25, 0.3) is 10.9 Å². The highest BCUT2D eigenvalue weighted by Crippen LogP contribution is 2.09. The zero-order chi connectivity index (χ0) is 18.7. The summed E-state index contributed by atoms with van der Waals surface area (Å²) in [5, 5.41) is 3.10. The predicted octanol–water partition coefficient (Wildman–Crippen LogP) is 1.82. The molecule has 3 aromatic rings. The maximum atomic E-state index is 13.1. The van der Waals surface area contributed by atoms with Gasteiger partial charge < -0.3 is 10.3 Å². The molecule has 0 aliphatic carbocycles. The highest BCUT2D eigenvalue weighted by Gasteiger charge is 2.10. The van der Waals surface area contributed by atoms with Crippen molar-refractivity contribution < 1.29 is 9.18 Å². The lowest BCUT2D eigenvalue weighted by molar-refractivity contribution is 0.0954. The fourth-order valence-electron chi connectivity index (χ4n) is 2.80. The Morgan fingerprint density at radius 1 is 1.19 bits per heavy atom. The van der Waals surface area contributed by atoms with Crippen LogP contribution in [0.5, 0.6) is 0 Å². The fraction of sp³-hybridized carbons (Fsp3) is 0.211. The van der Waals surface area contributed by atoms with Gasteiger partial charge in [0.15, 0.2) is 0 Å². The van der Waals surface area contributed by atoms with Gasteiger partial charge in [-0.1, -0.05) is 12.1 Å². The maximum absolute atomic E-state index is 13.1. The van der Waals surface area contributed by atoms with Gasteiger partial charge in [-0.2, -0.15) is 0 Å². The van der Waals surface area contributed by atoms with Crippen LogP contribution in [0.3, 0.4) is 0 Å². The lowest BCUT2D eigenvalue weighted by Crippen LogP contribution is -2.34. The molecule has 0 fully saturated rings. The minimum atomic E-state index is -0.506. The van der Waals surface area contributed by atoms with E-state index in [1.807, 2.05) is 0 Å². The third-order valence-electron chi connectivity index (χ3n) is 4.15. The Labute approximate surface area is 148 Å². The SMILES string of the molecule is CCn1c(=O)[nH]c2cc(C(=O)NCCc3cccc(F)c3)ccc2c1=O. The van der Waals surface area contributed by atoms with Crippen molar-refractivity contribution in [2.75, 3.05) is 6.54 Å². The smallest absolute Gasteiger partial charge is 0.328 e. The monoisotopic (exact) mass is 355 g/mol. The standard InChI is InChI=1S/C19H18FN3O3/c1-2-23-18(25)15-7-6-13(11-16(15)22-19(23)26)17(24)21-9-8-12-4-3-5-14(20)10-12/h3-7,10-11H,2,8-9H2,1H3,(H,21,24)(H,22,26).